The van der Waals surface area contributed by atoms with Crippen molar-refractivity contribution in [1.82, 2.24) is 9.97 Å². The second kappa shape index (κ2) is 6.46. The molecule has 20 heavy (non-hydrogen) atoms. The molecule has 7 heteroatoms. The van der Waals surface area contributed by atoms with Crippen molar-refractivity contribution >= 4 is 11.6 Å². The van der Waals surface area contributed by atoms with E-state index in [1.165, 1.54) is 12.4 Å². The van der Waals surface area contributed by atoms with Crippen molar-refractivity contribution in [2.75, 3.05) is 19.0 Å². The number of nitro groups is 1. The summed E-state index contributed by atoms with van der Waals surface area (Å²) in [4.78, 5) is 17.7. The summed E-state index contributed by atoms with van der Waals surface area (Å²) in [7, 11) is 1.63. The Kier molecular flexibility index (Phi) is 4.43. The Balaban J connectivity index is 1.87. The van der Waals surface area contributed by atoms with Gasteiger partial charge >= 0.3 is 5.69 Å². The third-order valence-electron chi connectivity index (χ3n) is 2.68. The molecule has 1 aromatic heterocycles. The Bertz CT molecular complexity index is 586. The summed E-state index contributed by atoms with van der Waals surface area (Å²) in [5.41, 5.74) is 1.00. The summed E-state index contributed by atoms with van der Waals surface area (Å²) >= 11 is 0. The molecule has 0 unspecified atom stereocenters. The quantitative estimate of drug-likeness (QED) is 0.640. The van der Waals surface area contributed by atoms with Crippen LogP contribution in [0.25, 0.3) is 0 Å². The zero-order valence-corrected chi connectivity index (χ0v) is 10.9. The van der Waals surface area contributed by atoms with Gasteiger partial charge < -0.3 is 10.1 Å². The van der Waals surface area contributed by atoms with E-state index in [1.807, 2.05) is 24.3 Å². The number of hydrogen-bond donors (Lipinski definition) is 1. The highest BCUT2D eigenvalue weighted by atomic mass is 16.6. The van der Waals surface area contributed by atoms with Gasteiger partial charge in [0.1, 0.15) is 18.1 Å². The van der Waals surface area contributed by atoms with Gasteiger partial charge in [-0.2, -0.15) is 0 Å². The van der Waals surface area contributed by atoms with Crippen molar-refractivity contribution in [2.45, 2.75) is 6.42 Å². The van der Waals surface area contributed by atoms with Crippen LogP contribution in [-0.2, 0) is 6.42 Å². The summed E-state index contributed by atoms with van der Waals surface area (Å²) in [5.74, 6) is 1.19. The fourth-order valence-corrected chi connectivity index (χ4v) is 1.65. The lowest BCUT2D eigenvalue weighted by atomic mass is 10.1. The van der Waals surface area contributed by atoms with Crippen molar-refractivity contribution in [3.63, 3.8) is 0 Å². The van der Waals surface area contributed by atoms with Gasteiger partial charge in [0, 0.05) is 6.54 Å². The van der Waals surface area contributed by atoms with E-state index >= 15 is 0 Å². The topological polar surface area (TPSA) is 90.2 Å². The molecule has 2 aromatic rings. The maximum atomic E-state index is 10.5. The minimum atomic E-state index is -0.528. The number of aromatic nitrogens is 2. The number of nitrogens with zero attached hydrogens (tertiary/aromatic N) is 3. The van der Waals surface area contributed by atoms with Gasteiger partial charge in [-0.1, -0.05) is 12.1 Å². The Hall–Kier alpha value is -2.70. The van der Waals surface area contributed by atoms with E-state index in [0.29, 0.717) is 12.5 Å². The lowest BCUT2D eigenvalue weighted by molar-refractivity contribution is -0.385. The van der Waals surface area contributed by atoms with E-state index < -0.39 is 4.92 Å². The van der Waals surface area contributed by atoms with Crippen LogP contribution in [0.4, 0.5) is 11.6 Å². The van der Waals surface area contributed by atoms with Crippen LogP contribution in [0, 0.1) is 10.1 Å². The van der Waals surface area contributed by atoms with Crippen LogP contribution in [0.3, 0.4) is 0 Å². The second-order valence-electron chi connectivity index (χ2n) is 4.05. The molecule has 0 radical (unpaired) electrons. The third kappa shape index (κ3) is 3.64. The van der Waals surface area contributed by atoms with Crippen molar-refractivity contribution < 1.29 is 9.66 Å². The number of methoxy groups -OCH3 is 1. The average Bonchev–Trinajstić information content (AvgIpc) is 2.48. The van der Waals surface area contributed by atoms with Gasteiger partial charge in [0.25, 0.3) is 0 Å². The Morgan fingerprint density at radius 2 is 2.10 bits per heavy atom. The lowest BCUT2D eigenvalue weighted by Crippen LogP contribution is -2.08. The third-order valence-corrected chi connectivity index (χ3v) is 2.68. The number of rotatable bonds is 6. The average molecular weight is 274 g/mol. The molecule has 0 bridgehead atoms. The first-order valence-corrected chi connectivity index (χ1v) is 6.02. The summed E-state index contributed by atoms with van der Waals surface area (Å²) in [5, 5.41) is 13.5. The van der Waals surface area contributed by atoms with Crippen LogP contribution in [0.15, 0.2) is 36.7 Å². The predicted octanol–water partition coefficient (Wildman–Crippen LogP) is 2.05. The normalized spacial score (nSPS) is 10.1. The molecule has 0 saturated heterocycles. The predicted molar refractivity (Wildman–Crippen MR) is 73.9 cm³/mol. The molecule has 0 fully saturated rings. The summed E-state index contributed by atoms with van der Waals surface area (Å²) in [6.07, 6.45) is 3.14. The van der Waals surface area contributed by atoms with Crippen LogP contribution in [0.2, 0.25) is 0 Å². The van der Waals surface area contributed by atoms with E-state index in [9.17, 15) is 10.1 Å². The highest BCUT2D eigenvalue weighted by Gasteiger charge is 2.06. The number of nitrogens with one attached hydrogen (secondary N) is 1. The summed E-state index contributed by atoms with van der Waals surface area (Å²) in [6.45, 7) is 0.630. The lowest BCUT2D eigenvalue weighted by Gasteiger charge is -2.06. The fourth-order valence-electron chi connectivity index (χ4n) is 1.65. The first kappa shape index (κ1) is 13.7. The fraction of sp³-hybridized carbons (Fsp3) is 0.231. The molecular weight excluding hydrogens is 260 g/mol. The van der Waals surface area contributed by atoms with Gasteiger partial charge in [0.2, 0.25) is 5.95 Å². The van der Waals surface area contributed by atoms with Crippen molar-refractivity contribution in [2.24, 2.45) is 0 Å². The van der Waals surface area contributed by atoms with Crippen LogP contribution in [-0.4, -0.2) is 28.5 Å². The molecule has 1 aromatic carbocycles. The van der Waals surface area contributed by atoms with Crippen LogP contribution >= 0.6 is 0 Å². The molecule has 1 N–H and O–H groups in total. The molecule has 2 rings (SSSR count). The maximum Gasteiger partial charge on any atom is 0.305 e. The first-order valence-electron chi connectivity index (χ1n) is 6.02. The molecule has 0 saturated carbocycles. The Morgan fingerprint density at radius 3 is 2.75 bits per heavy atom. The minimum Gasteiger partial charge on any atom is -0.497 e. The molecule has 0 atom stereocenters. The molecular formula is C13H14N4O3. The standard InChI is InChI=1S/C13H14N4O3/c1-20-12-4-2-3-10(7-12)5-6-14-13-15-8-11(9-16-13)17(18)19/h2-4,7-9H,5-6H2,1H3,(H,14,15,16). The van der Waals surface area contributed by atoms with E-state index in [1.54, 1.807) is 7.11 Å². The molecule has 104 valence electrons. The summed E-state index contributed by atoms with van der Waals surface area (Å²) < 4.78 is 5.15. The molecule has 1 heterocycles. The molecule has 0 aliphatic heterocycles. The van der Waals surface area contributed by atoms with Gasteiger partial charge in [-0.25, -0.2) is 9.97 Å². The van der Waals surface area contributed by atoms with Gasteiger partial charge in [0.05, 0.1) is 12.0 Å². The van der Waals surface area contributed by atoms with Gasteiger partial charge in [0.15, 0.2) is 0 Å². The van der Waals surface area contributed by atoms with Crippen molar-refractivity contribution in [1.29, 1.82) is 0 Å². The van der Waals surface area contributed by atoms with Crippen molar-refractivity contribution in [3.05, 3.63) is 52.3 Å². The van der Waals surface area contributed by atoms with E-state index in [4.69, 9.17) is 4.74 Å². The first-order chi connectivity index (χ1) is 9.69. The SMILES string of the molecule is COc1cccc(CCNc2ncc([N+](=O)[O-])cn2)c1. The smallest absolute Gasteiger partial charge is 0.305 e. The number of hydrogen-bond acceptors (Lipinski definition) is 6. The van der Waals surface area contributed by atoms with E-state index in [0.717, 1.165) is 17.7 Å². The van der Waals surface area contributed by atoms with Gasteiger partial charge in [-0.3, -0.25) is 10.1 Å². The number of benzene rings is 1. The Labute approximate surface area is 115 Å². The van der Waals surface area contributed by atoms with Crippen LogP contribution in [0.5, 0.6) is 5.75 Å². The Morgan fingerprint density at radius 1 is 1.35 bits per heavy atom. The zero-order valence-electron chi connectivity index (χ0n) is 10.9. The highest BCUT2D eigenvalue weighted by molar-refractivity contribution is 5.32. The minimum absolute atomic E-state index is 0.122. The zero-order chi connectivity index (χ0) is 14.4. The largest absolute Gasteiger partial charge is 0.497 e. The highest BCUT2D eigenvalue weighted by Crippen LogP contribution is 2.13. The number of ether oxygens (including phenoxy) is 1. The molecule has 0 aliphatic rings. The van der Waals surface area contributed by atoms with Gasteiger partial charge in [-0.15, -0.1) is 0 Å². The van der Waals surface area contributed by atoms with Gasteiger partial charge in [-0.05, 0) is 24.1 Å². The second-order valence-corrected chi connectivity index (χ2v) is 4.05. The molecule has 0 amide bonds. The van der Waals surface area contributed by atoms with Crippen LogP contribution < -0.4 is 10.1 Å². The van der Waals surface area contributed by atoms with Crippen LogP contribution in [0.1, 0.15) is 5.56 Å². The maximum absolute atomic E-state index is 10.5. The van der Waals surface area contributed by atoms with Crippen molar-refractivity contribution in [3.8, 4) is 5.75 Å². The number of anilines is 1. The molecule has 0 spiro atoms. The van der Waals surface area contributed by atoms with E-state index in [2.05, 4.69) is 15.3 Å². The van der Waals surface area contributed by atoms with E-state index in [-0.39, 0.29) is 5.69 Å². The molecule has 7 nitrogen and oxygen atoms in total. The summed E-state index contributed by atoms with van der Waals surface area (Å²) in [6, 6.07) is 7.77. The monoisotopic (exact) mass is 274 g/mol. The molecule has 0 aliphatic carbocycles.